The monoisotopic (exact) mass is 360 g/mol. The first-order valence-electron chi connectivity index (χ1n) is 9.03. The first-order valence-corrected chi connectivity index (χ1v) is 9.03. The minimum atomic E-state index is 0.423. The van der Waals surface area contributed by atoms with Gasteiger partial charge in [-0.05, 0) is 37.1 Å². The molecule has 0 bridgehead atoms. The highest BCUT2D eigenvalue weighted by Gasteiger charge is 2.08. The Balaban J connectivity index is 1.79. The van der Waals surface area contributed by atoms with Gasteiger partial charge in [0.25, 0.3) is 0 Å². The van der Waals surface area contributed by atoms with Crippen LogP contribution in [0.25, 0.3) is 22.5 Å². The first kappa shape index (κ1) is 18.5. The van der Waals surface area contributed by atoms with E-state index in [1.54, 1.807) is 0 Å². The molecule has 4 N–H and O–H groups in total. The molecule has 27 heavy (non-hydrogen) atoms. The maximum Gasteiger partial charge on any atom is 0.169 e. The summed E-state index contributed by atoms with van der Waals surface area (Å²) in [4.78, 5) is 8.40. The summed E-state index contributed by atoms with van der Waals surface area (Å²) in [5, 5.41) is 0. The van der Waals surface area contributed by atoms with Crippen molar-refractivity contribution in [2.24, 2.45) is 21.5 Å². The molecule has 1 heterocycles. The van der Waals surface area contributed by atoms with E-state index >= 15 is 0 Å². The van der Waals surface area contributed by atoms with Crippen LogP contribution < -0.4 is 11.5 Å². The summed E-state index contributed by atoms with van der Waals surface area (Å²) in [5.41, 5.74) is 16.0. The predicted molar refractivity (Wildman–Crippen MR) is 112 cm³/mol. The van der Waals surface area contributed by atoms with Gasteiger partial charge in [-0.3, -0.25) is 9.98 Å². The van der Waals surface area contributed by atoms with Crippen LogP contribution in [0.2, 0.25) is 0 Å². The molecule has 138 valence electrons. The molecule has 2 aromatic carbocycles. The number of rotatable bonds is 6. The average Bonchev–Trinajstić information content (AvgIpc) is 3.19. The number of aliphatic imine (C=N–C) groups is 2. The molecule has 3 rings (SSSR count). The Morgan fingerprint density at radius 3 is 1.81 bits per heavy atom. The second-order valence-corrected chi connectivity index (χ2v) is 6.04. The zero-order chi connectivity index (χ0) is 19.2. The summed E-state index contributed by atoms with van der Waals surface area (Å²) in [6, 6.07) is 20.0. The van der Waals surface area contributed by atoms with Crippen molar-refractivity contribution in [3.63, 3.8) is 0 Å². The number of nitrogens with two attached hydrogens (primary N) is 2. The Morgan fingerprint density at radius 2 is 1.22 bits per heavy atom. The van der Waals surface area contributed by atoms with E-state index in [9.17, 15) is 0 Å². The molecule has 0 unspecified atom stereocenters. The summed E-state index contributed by atoms with van der Waals surface area (Å²) in [5.74, 6) is 2.35. The van der Waals surface area contributed by atoms with E-state index in [0.29, 0.717) is 30.5 Å². The van der Waals surface area contributed by atoms with Gasteiger partial charge in [0.2, 0.25) is 0 Å². The highest BCUT2D eigenvalue weighted by molar-refractivity contribution is 5.98. The zero-order valence-corrected chi connectivity index (χ0v) is 15.6. The SMILES string of the molecule is CCN=C(N)c1ccc(-c2ccc(-c3ccc(C(N)=NCC)o3)cc2)cc1. The third-order valence-electron chi connectivity index (χ3n) is 4.20. The number of hydrogen-bond donors (Lipinski definition) is 2. The molecule has 0 saturated heterocycles. The lowest BCUT2D eigenvalue weighted by atomic mass is 10.0. The largest absolute Gasteiger partial charge is 0.453 e. The molecule has 0 saturated carbocycles. The van der Waals surface area contributed by atoms with E-state index in [1.165, 1.54) is 0 Å². The molecular formula is C22H24N4O. The zero-order valence-electron chi connectivity index (χ0n) is 15.6. The van der Waals surface area contributed by atoms with Crippen LogP contribution in [0.1, 0.15) is 25.2 Å². The molecule has 0 radical (unpaired) electrons. The fraction of sp³-hybridized carbons (Fsp3) is 0.182. The molecule has 5 nitrogen and oxygen atoms in total. The van der Waals surface area contributed by atoms with E-state index < -0.39 is 0 Å². The molecule has 1 aromatic heterocycles. The Kier molecular flexibility index (Phi) is 5.71. The number of benzene rings is 2. The van der Waals surface area contributed by atoms with Crippen molar-refractivity contribution in [3.8, 4) is 22.5 Å². The second kappa shape index (κ2) is 8.36. The van der Waals surface area contributed by atoms with Gasteiger partial charge in [0.1, 0.15) is 11.6 Å². The lowest BCUT2D eigenvalue weighted by molar-refractivity contribution is 0.571. The maximum atomic E-state index is 5.94. The van der Waals surface area contributed by atoms with Gasteiger partial charge in [-0.2, -0.15) is 0 Å². The third-order valence-corrected chi connectivity index (χ3v) is 4.20. The smallest absolute Gasteiger partial charge is 0.169 e. The quantitative estimate of drug-likeness (QED) is 0.513. The highest BCUT2D eigenvalue weighted by atomic mass is 16.3. The number of furan rings is 1. The molecule has 0 spiro atoms. The lowest BCUT2D eigenvalue weighted by Gasteiger charge is -2.05. The van der Waals surface area contributed by atoms with E-state index in [1.807, 2.05) is 50.2 Å². The highest BCUT2D eigenvalue weighted by Crippen LogP contribution is 2.26. The molecule has 0 atom stereocenters. The first-order chi connectivity index (χ1) is 13.1. The number of nitrogens with zero attached hydrogens (tertiary/aromatic N) is 2. The summed E-state index contributed by atoms with van der Waals surface area (Å²) < 4.78 is 5.81. The standard InChI is InChI=1S/C22H24N4O/c1-3-25-21(23)18-11-7-16(8-12-18)15-5-9-17(10-6-15)19-13-14-20(27-19)22(24)26-4-2/h5-14H,3-4H2,1-2H3,(H2,23,25)(H2,24,26). The van der Waals surface area contributed by atoms with Crippen LogP contribution in [0.5, 0.6) is 0 Å². The normalized spacial score (nSPS) is 12.4. The Bertz CT molecular complexity index is 951. The maximum absolute atomic E-state index is 5.94. The minimum Gasteiger partial charge on any atom is -0.453 e. The number of amidine groups is 2. The second-order valence-electron chi connectivity index (χ2n) is 6.04. The molecular weight excluding hydrogens is 336 g/mol. The molecule has 3 aromatic rings. The van der Waals surface area contributed by atoms with Crippen molar-refractivity contribution in [2.45, 2.75) is 13.8 Å². The van der Waals surface area contributed by atoms with Crippen LogP contribution in [0.15, 0.2) is 75.1 Å². The van der Waals surface area contributed by atoms with Crippen molar-refractivity contribution in [2.75, 3.05) is 13.1 Å². The Hall–Kier alpha value is -3.34. The average molecular weight is 360 g/mol. The van der Waals surface area contributed by atoms with Crippen LogP contribution in [0, 0.1) is 0 Å². The summed E-state index contributed by atoms with van der Waals surface area (Å²) >= 11 is 0. The van der Waals surface area contributed by atoms with E-state index in [2.05, 4.69) is 34.3 Å². The van der Waals surface area contributed by atoms with Crippen LogP contribution >= 0.6 is 0 Å². The molecule has 0 aliphatic rings. The molecule has 0 amide bonds. The predicted octanol–water partition coefficient (Wildman–Crippen LogP) is 4.06. The van der Waals surface area contributed by atoms with Crippen molar-refractivity contribution in [1.29, 1.82) is 0 Å². The third kappa shape index (κ3) is 4.26. The Morgan fingerprint density at radius 1 is 0.704 bits per heavy atom. The summed E-state index contributed by atoms with van der Waals surface area (Å²) in [7, 11) is 0. The van der Waals surface area contributed by atoms with Crippen molar-refractivity contribution >= 4 is 11.7 Å². The van der Waals surface area contributed by atoms with E-state index in [-0.39, 0.29) is 0 Å². The lowest BCUT2D eigenvalue weighted by Crippen LogP contribution is -2.13. The van der Waals surface area contributed by atoms with Crippen LogP contribution in [0.3, 0.4) is 0 Å². The number of hydrogen-bond acceptors (Lipinski definition) is 3. The van der Waals surface area contributed by atoms with Gasteiger partial charge in [0.05, 0.1) is 0 Å². The van der Waals surface area contributed by atoms with E-state index in [4.69, 9.17) is 15.9 Å². The van der Waals surface area contributed by atoms with Crippen LogP contribution in [-0.4, -0.2) is 24.8 Å². The van der Waals surface area contributed by atoms with Gasteiger partial charge >= 0.3 is 0 Å². The molecule has 0 aliphatic carbocycles. The van der Waals surface area contributed by atoms with Gasteiger partial charge in [0.15, 0.2) is 11.6 Å². The topological polar surface area (TPSA) is 89.9 Å². The van der Waals surface area contributed by atoms with Crippen molar-refractivity contribution < 1.29 is 4.42 Å². The fourth-order valence-corrected chi connectivity index (χ4v) is 2.80. The van der Waals surface area contributed by atoms with Gasteiger partial charge in [-0.25, -0.2) is 0 Å². The summed E-state index contributed by atoms with van der Waals surface area (Å²) in [6.45, 7) is 5.22. The van der Waals surface area contributed by atoms with Gasteiger partial charge in [-0.1, -0.05) is 48.5 Å². The van der Waals surface area contributed by atoms with Crippen molar-refractivity contribution in [1.82, 2.24) is 0 Å². The van der Waals surface area contributed by atoms with E-state index in [0.717, 1.165) is 28.0 Å². The van der Waals surface area contributed by atoms with Crippen LogP contribution in [0.4, 0.5) is 0 Å². The molecule has 0 aliphatic heterocycles. The molecule has 0 fully saturated rings. The molecule has 5 heteroatoms. The summed E-state index contributed by atoms with van der Waals surface area (Å²) in [6.07, 6.45) is 0. The minimum absolute atomic E-state index is 0.423. The fourth-order valence-electron chi connectivity index (χ4n) is 2.80. The Labute approximate surface area is 159 Å². The van der Waals surface area contributed by atoms with Gasteiger partial charge in [0, 0.05) is 24.2 Å². The van der Waals surface area contributed by atoms with Crippen LogP contribution in [-0.2, 0) is 0 Å². The van der Waals surface area contributed by atoms with Gasteiger partial charge in [-0.15, -0.1) is 0 Å². The van der Waals surface area contributed by atoms with Gasteiger partial charge < -0.3 is 15.9 Å². The van der Waals surface area contributed by atoms with Crippen molar-refractivity contribution in [3.05, 3.63) is 72.0 Å².